The van der Waals surface area contributed by atoms with Gasteiger partial charge >= 0.3 is 5.97 Å². The van der Waals surface area contributed by atoms with E-state index >= 15 is 0 Å². The number of fused-ring (bicyclic) bond motifs is 1. The number of hydrogen-bond acceptors (Lipinski definition) is 6. The molecule has 2 aromatic carbocycles. The number of benzene rings is 2. The number of oxazole rings is 1. The number of carbonyl (C=O) groups excluding carboxylic acids is 2. The van der Waals surface area contributed by atoms with Crippen LogP contribution < -0.4 is 5.73 Å². The first-order valence-electron chi connectivity index (χ1n) is 7.61. The summed E-state index contributed by atoms with van der Waals surface area (Å²) in [6.45, 7) is 1.44. The molecule has 1 heterocycles. The molecule has 3 rings (SSSR count). The molecule has 0 aliphatic rings. The molecular weight excluding hydrogens is 340 g/mol. The number of para-hydroxylation sites is 2. The first kappa shape index (κ1) is 17.0. The summed E-state index contributed by atoms with van der Waals surface area (Å²) >= 11 is 1.38. The maximum Gasteiger partial charge on any atom is 0.339 e. The van der Waals surface area contributed by atoms with E-state index < -0.39 is 18.0 Å². The van der Waals surface area contributed by atoms with Crippen LogP contribution in [0.15, 0.2) is 58.2 Å². The molecule has 1 amide bonds. The van der Waals surface area contributed by atoms with Crippen LogP contribution in [-0.2, 0) is 15.3 Å². The van der Waals surface area contributed by atoms with Gasteiger partial charge in [-0.3, -0.25) is 4.79 Å². The molecule has 0 radical (unpaired) electrons. The van der Waals surface area contributed by atoms with E-state index in [1.165, 1.54) is 18.7 Å². The molecule has 128 valence electrons. The number of carbonyl (C=O) groups is 2. The maximum absolute atomic E-state index is 12.3. The molecule has 1 aromatic heterocycles. The van der Waals surface area contributed by atoms with Crippen molar-refractivity contribution < 1.29 is 18.7 Å². The first-order valence-corrected chi connectivity index (χ1v) is 8.59. The van der Waals surface area contributed by atoms with E-state index in [9.17, 15) is 9.59 Å². The summed E-state index contributed by atoms with van der Waals surface area (Å²) < 4.78 is 10.7. The predicted molar refractivity (Wildman–Crippen MR) is 94.1 cm³/mol. The van der Waals surface area contributed by atoms with Gasteiger partial charge in [-0.2, -0.15) is 0 Å². The van der Waals surface area contributed by atoms with Crippen LogP contribution in [0.4, 0.5) is 0 Å². The average Bonchev–Trinajstić information content (AvgIpc) is 3.03. The SMILES string of the molecule is C[C@H](OC(=O)c1ccccc1CSc1nc2ccccc2o1)C(N)=O. The van der Waals surface area contributed by atoms with Gasteiger partial charge in [0.25, 0.3) is 11.1 Å². The topological polar surface area (TPSA) is 95.4 Å². The van der Waals surface area contributed by atoms with E-state index in [0.29, 0.717) is 22.1 Å². The molecule has 0 saturated heterocycles. The van der Waals surface area contributed by atoms with Crippen LogP contribution in [0.25, 0.3) is 11.1 Å². The van der Waals surface area contributed by atoms with Crippen LogP contribution in [0, 0.1) is 0 Å². The summed E-state index contributed by atoms with van der Waals surface area (Å²) in [6.07, 6.45) is -0.981. The summed E-state index contributed by atoms with van der Waals surface area (Å²) in [5.74, 6) is -0.796. The molecular formula is C18H16N2O4S. The van der Waals surface area contributed by atoms with E-state index in [4.69, 9.17) is 14.9 Å². The zero-order valence-electron chi connectivity index (χ0n) is 13.5. The molecule has 6 nitrogen and oxygen atoms in total. The Morgan fingerprint density at radius 1 is 1.20 bits per heavy atom. The van der Waals surface area contributed by atoms with Crippen molar-refractivity contribution >= 4 is 34.7 Å². The number of primary amides is 1. The lowest BCUT2D eigenvalue weighted by molar-refractivity contribution is -0.125. The Bertz CT molecular complexity index is 889. The van der Waals surface area contributed by atoms with Gasteiger partial charge in [0.2, 0.25) is 0 Å². The van der Waals surface area contributed by atoms with Crippen LogP contribution >= 0.6 is 11.8 Å². The molecule has 0 aliphatic carbocycles. The lowest BCUT2D eigenvalue weighted by Crippen LogP contribution is -2.30. The molecule has 0 saturated carbocycles. The Balaban J connectivity index is 1.74. The van der Waals surface area contributed by atoms with Crippen LogP contribution in [0.5, 0.6) is 0 Å². The molecule has 1 atom stereocenters. The number of hydrogen-bond donors (Lipinski definition) is 1. The highest BCUT2D eigenvalue weighted by atomic mass is 32.2. The second-order valence-corrected chi connectivity index (χ2v) is 6.27. The Morgan fingerprint density at radius 3 is 2.68 bits per heavy atom. The zero-order chi connectivity index (χ0) is 17.8. The van der Waals surface area contributed by atoms with E-state index in [1.807, 2.05) is 36.4 Å². The second kappa shape index (κ2) is 7.40. The predicted octanol–water partition coefficient (Wildman–Crippen LogP) is 3.15. The van der Waals surface area contributed by atoms with Crippen molar-refractivity contribution in [2.75, 3.05) is 0 Å². The van der Waals surface area contributed by atoms with Gasteiger partial charge in [0.15, 0.2) is 11.7 Å². The van der Waals surface area contributed by atoms with Crippen molar-refractivity contribution in [3.63, 3.8) is 0 Å². The Morgan fingerprint density at radius 2 is 1.92 bits per heavy atom. The summed E-state index contributed by atoms with van der Waals surface area (Å²) in [5, 5.41) is 0.523. The fraction of sp³-hybridized carbons (Fsp3) is 0.167. The smallest absolute Gasteiger partial charge is 0.339 e. The van der Waals surface area contributed by atoms with Crippen LogP contribution in [0.2, 0.25) is 0 Å². The molecule has 3 aromatic rings. The lowest BCUT2D eigenvalue weighted by Gasteiger charge is -2.12. The minimum absolute atomic E-state index is 0.388. The monoisotopic (exact) mass is 356 g/mol. The molecule has 25 heavy (non-hydrogen) atoms. The zero-order valence-corrected chi connectivity index (χ0v) is 14.3. The highest BCUT2D eigenvalue weighted by molar-refractivity contribution is 7.98. The summed E-state index contributed by atoms with van der Waals surface area (Å²) in [5.41, 5.74) is 7.78. The van der Waals surface area contributed by atoms with E-state index in [0.717, 1.165) is 11.1 Å². The highest BCUT2D eigenvalue weighted by Crippen LogP contribution is 2.27. The Kier molecular flexibility index (Phi) is 5.04. The van der Waals surface area contributed by atoms with Crippen molar-refractivity contribution in [3.8, 4) is 0 Å². The first-order chi connectivity index (χ1) is 12.0. The number of nitrogens with zero attached hydrogens (tertiary/aromatic N) is 1. The van der Waals surface area contributed by atoms with Gasteiger partial charge in [0.1, 0.15) is 5.52 Å². The number of nitrogens with two attached hydrogens (primary N) is 1. The maximum atomic E-state index is 12.3. The fourth-order valence-electron chi connectivity index (χ4n) is 2.18. The fourth-order valence-corrected chi connectivity index (χ4v) is 3.02. The second-order valence-electron chi connectivity index (χ2n) is 5.34. The number of thioether (sulfide) groups is 1. The van der Waals surface area contributed by atoms with Gasteiger partial charge in [0, 0.05) is 5.75 Å². The number of esters is 1. The molecule has 0 bridgehead atoms. The Labute approximate surface area is 148 Å². The number of aromatic nitrogens is 1. The van der Waals surface area contributed by atoms with Crippen molar-refractivity contribution in [3.05, 3.63) is 59.7 Å². The third kappa shape index (κ3) is 4.00. The van der Waals surface area contributed by atoms with Gasteiger partial charge in [0.05, 0.1) is 5.56 Å². The summed E-state index contributed by atoms with van der Waals surface area (Å²) in [4.78, 5) is 27.7. The highest BCUT2D eigenvalue weighted by Gasteiger charge is 2.19. The number of rotatable bonds is 6. The van der Waals surface area contributed by atoms with Gasteiger partial charge < -0.3 is 14.9 Å². The average molecular weight is 356 g/mol. The third-order valence-corrected chi connectivity index (χ3v) is 4.42. The minimum Gasteiger partial charge on any atom is -0.449 e. The van der Waals surface area contributed by atoms with Gasteiger partial charge in [-0.15, -0.1) is 0 Å². The van der Waals surface area contributed by atoms with Crippen LogP contribution in [-0.4, -0.2) is 23.0 Å². The molecule has 0 unspecified atom stereocenters. The summed E-state index contributed by atoms with van der Waals surface area (Å²) in [6, 6.07) is 14.5. The van der Waals surface area contributed by atoms with Crippen molar-refractivity contribution in [1.82, 2.24) is 4.98 Å². The van der Waals surface area contributed by atoms with Gasteiger partial charge in [-0.1, -0.05) is 42.1 Å². The lowest BCUT2D eigenvalue weighted by atomic mass is 10.1. The molecule has 0 aliphatic heterocycles. The normalized spacial score (nSPS) is 12.0. The van der Waals surface area contributed by atoms with E-state index in [1.54, 1.807) is 12.1 Å². The number of amides is 1. The van der Waals surface area contributed by atoms with Crippen molar-refractivity contribution in [2.24, 2.45) is 5.73 Å². The minimum atomic E-state index is -0.981. The van der Waals surface area contributed by atoms with Crippen molar-refractivity contribution in [2.45, 2.75) is 24.0 Å². The van der Waals surface area contributed by atoms with Crippen LogP contribution in [0.3, 0.4) is 0 Å². The Hall–Kier alpha value is -2.80. The standard InChI is InChI=1S/C18H16N2O4S/c1-11(16(19)21)23-17(22)13-7-3-2-6-12(13)10-25-18-20-14-8-4-5-9-15(14)24-18/h2-9,11H,10H2,1H3,(H2,19,21)/t11-/m0/s1. The molecule has 0 spiro atoms. The molecule has 2 N–H and O–H groups in total. The third-order valence-electron chi connectivity index (χ3n) is 3.55. The largest absolute Gasteiger partial charge is 0.449 e. The molecule has 7 heteroatoms. The molecule has 0 fully saturated rings. The van der Waals surface area contributed by atoms with E-state index in [-0.39, 0.29) is 0 Å². The number of ether oxygens (including phenoxy) is 1. The quantitative estimate of drug-likeness (QED) is 0.538. The van der Waals surface area contributed by atoms with E-state index in [2.05, 4.69) is 4.98 Å². The van der Waals surface area contributed by atoms with Gasteiger partial charge in [-0.25, -0.2) is 9.78 Å². The van der Waals surface area contributed by atoms with Gasteiger partial charge in [-0.05, 0) is 30.7 Å². The van der Waals surface area contributed by atoms with Crippen molar-refractivity contribution in [1.29, 1.82) is 0 Å². The summed E-state index contributed by atoms with van der Waals surface area (Å²) in [7, 11) is 0. The van der Waals surface area contributed by atoms with Crippen LogP contribution in [0.1, 0.15) is 22.8 Å².